The summed E-state index contributed by atoms with van der Waals surface area (Å²) in [5.41, 5.74) is 2.04. The summed E-state index contributed by atoms with van der Waals surface area (Å²) in [5.74, 6) is 0.617. The maximum absolute atomic E-state index is 12.8. The SMILES string of the molecule is Cc1ccc(C(=O)N2CCN(c3nc(Cc4ccccc4)ns3)CC2)cc1[N+](=O)[O-]. The molecule has 2 aromatic carbocycles. The average molecular weight is 423 g/mol. The van der Waals surface area contributed by atoms with E-state index in [4.69, 9.17) is 0 Å². The molecule has 154 valence electrons. The fraction of sp³-hybridized carbons (Fsp3) is 0.286. The summed E-state index contributed by atoms with van der Waals surface area (Å²) in [4.78, 5) is 32.0. The summed E-state index contributed by atoms with van der Waals surface area (Å²) >= 11 is 1.37. The third-order valence-electron chi connectivity index (χ3n) is 5.15. The molecule has 0 atom stereocenters. The van der Waals surface area contributed by atoms with Crippen molar-refractivity contribution >= 4 is 28.3 Å². The van der Waals surface area contributed by atoms with Crippen molar-refractivity contribution in [2.45, 2.75) is 13.3 Å². The number of aryl methyl sites for hydroxylation is 1. The van der Waals surface area contributed by atoms with Gasteiger partial charge in [0.2, 0.25) is 5.13 Å². The molecule has 1 aliphatic heterocycles. The minimum atomic E-state index is -0.452. The average Bonchev–Trinajstić information content (AvgIpc) is 3.22. The molecule has 1 aromatic heterocycles. The molecule has 0 spiro atoms. The quantitative estimate of drug-likeness (QED) is 0.462. The van der Waals surface area contributed by atoms with Gasteiger partial charge in [-0.2, -0.15) is 4.37 Å². The van der Waals surface area contributed by atoms with Crippen LogP contribution in [-0.2, 0) is 6.42 Å². The minimum Gasteiger partial charge on any atom is -0.343 e. The standard InChI is InChI=1S/C21H21N5O3S/c1-15-7-8-17(14-18(15)26(28)29)20(27)24-9-11-25(12-10-24)21-22-19(23-30-21)13-16-5-3-2-4-6-16/h2-8,14H,9-13H2,1H3. The van der Waals surface area contributed by atoms with Gasteiger partial charge in [0.15, 0.2) is 0 Å². The first-order chi connectivity index (χ1) is 14.5. The molecule has 1 saturated heterocycles. The molecule has 0 saturated carbocycles. The van der Waals surface area contributed by atoms with E-state index in [2.05, 4.69) is 26.4 Å². The lowest BCUT2D eigenvalue weighted by Gasteiger charge is -2.34. The number of aromatic nitrogens is 2. The first-order valence-electron chi connectivity index (χ1n) is 9.67. The summed E-state index contributed by atoms with van der Waals surface area (Å²) in [6.07, 6.45) is 0.696. The number of nitrogens with zero attached hydrogens (tertiary/aromatic N) is 5. The third kappa shape index (κ3) is 4.30. The molecule has 3 aromatic rings. The van der Waals surface area contributed by atoms with Crippen molar-refractivity contribution in [2.75, 3.05) is 31.1 Å². The number of piperazine rings is 1. The van der Waals surface area contributed by atoms with Crippen LogP contribution in [0.1, 0.15) is 27.3 Å². The van der Waals surface area contributed by atoms with Crippen LogP contribution in [0, 0.1) is 17.0 Å². The topological polar surface area (TPSA) is 92.5 Å². The molecule has 2 heterocycles. The number of hydrogen-bond acceptors (Lipinski definition) is 7. The van der Waals surface area contributed by atoms with Crippen LogP contribution < -0.4 is 4.90 Å². The zero-order chi connectivity index (χ0) is 21.1. The maximum atomic E-state index is 12.8. The Hall–Kier alpha value is -3.33. The number of anilines is 1. The van der Waals surface area contributed by atoms with Gasteiger partial charge in [0.25, 0.3) is 11.6 Å². The number of rotatable bonds is 5. The van der Waals surface area contributed by atoms with Gasteiger partial charge in [-0.1, -0.05) is 36.4 Å². The van der Waals surface area contributed by atoms with E-state index in [0.29, 0.717) is 43.7 Å². The number of nitro benzene ring substituents is 1. The monoisotopic (exact) mass is 423 g/mol. The summed E-state index contributed by atoms with van der Waals surface area (Å²) in [7, 11) is 0. The first kappa shape index (κ1) is 20.0. The van der Waals surface area contributed by atoms with Crippen LogP contribution in [-0.4, -0.2) is 51.3 Å². The molecular weight excluding hydrogens is 402 g/mol. The predicted octanol–water partition coefficient (Wildman–Crippen LogP) is 3.31. The molecule has 4 rings (SSSR count). The molecule has 0 bridgehead atoms. The van der Waals surface area contributed by atoms with Gasteiger partial charge in [-0.05, 0) is 18.6 Å². The normalized spacial score (nSPS) is 14.0. The number of carbonyl (C=O) groups excluding carboxylic acids is 1. The van der Waals surface area contributed by atoms with Crippen molar-refractivity contribution in [3.8, 4) is 0 Å². The zero-order valence-corrected chi connectivity index (χ0v) is 17.3. The number of nitro groups is 1. The lowest BCUT2D eigenvalue weighted by atomic mass is 10.1. The summed E-state index contributed by atoms with van der Waals surface area (Å²) in [5, 5.41) is 12.0. The Morgan fingerprint density at radius 1 is 1.13 bits per heavy atom. The lowest BCUT2D eigenvalue weighted by Crippen LogP contribution is -2.48. The third-order valence-corrected chi connectivity index (χ3v) is 5.97. The van der Waals surface area contributed by atoms with E-state index in [1.807, 2.05) is 18.2 Å². The molecule has 9 heteroatoms. The number of carbonyl (C=O) groups is 1. The van der Waals surface area contributed by atoms with Gasteiger partial charge in [-0.3, -0.25) is 14.9 Å². The minimum absolute atomic E-state index is 0.0284. The smallest absolute Gasteiger partial charge is 0.273 e. The van der Waals surface area contributed by atoms with Gasteiger partial charge in [0.05, 0.1) is 4.92 Å². The van der Waals surface area contributed by atoms with E-state index in [-0.39, 0.29) is 11.6 Å². The fourth-order valence-electron chi connectivity index (χ4n) is 3.45. The molecule has 1 amide bonds. The second-order valence-corrected chi connectivity index (χ2v) is 7.92. The van der Waals surface area contributed by atoms with Crippen molar-refractivity contribution in [1.29, 1.82) is 0 Å². The van der Waals surface area contributed by atoms with Gasteiger partial charge < -0.3 is 9.80 Å². The molecule has 8 nitrogen and oxygen atoms in total. The van der Waals surface area contributed by atoms with Crippen molar-refractivity contribution < 1.29 is 9.72 Å². The molecule has 30 heavy (non-hydrogen) atoms. The highest BCUT2D eigenvalue weighted by Crippen LogP contribution is 2.23. The van der Waals surface area contributed by atoms with Crippen LogP contribution in [0.15, 0.2) is 48.5 Å². The first-order valence-corrected chi connectivity index (χ1v) is 10.4. The Morgan fingerprint density at radius 3 is 2.57 bits per heavy atom. The Kier molecular flexibility index (Phi) is 5.71. The second kappa shape index (κ2) is 8.58. The molecule has 0 aliphatic carbocycles. The van der Waals surface area contributed by atoms with E-state index in [1.165, 1.54) is 23.2 Å². The zero-order valence-electron chi connectivity index (χ0n) is 16.5. The van der Waals surface area contributed by atoms with Gasteiger partial charge in [-0.15, -0.1) is 0 Å². The molecular formula is C21H21N5O3S. The van der Waals surface area contributed by atoms with E-state index in [1.54, 1.807) is 24.0 Å². The lowest BCUT2D eigenvalue weighted by molar-refractivity contribution is -0.385. The molecule has 0 N–H and O–H groups in total. The van der Waals surface area contributed by atoms with E-state index < -0.39 is 4.92 Å². The summed E-state index contributed by atoms with van der Waals surface area (Å²) in [6.45, 7) is 4.04. The number of benzene rings is 2. The molecule has 0 unspecified atom stereocenters. The summed E-state index contributed by atoms with van der Waals surface area (Å²) in [6, 6.07) is 14.7. The number of hydrogen-bond donors (Lipinski definition) is 0. The van der Waals surface area contributed by atoms with Crippen LogP contribution in [0.3, 0.4) is 0 Å². The van der Waals surface area contributed by atoms with Crippen LogP contribution in [0.5, 0.6) is 0 Å². The Bertz CT molecular complexity index is 1060. The van der Waals surface area contributed by atoms with Crippen molar-refractivity contribution in [3.05, 3.63) is 81.2 Å². The van der Waals surface area contributed by atoms with Crippen LogP contribution >= 0.6 is 11.5 Å². The summed E-state index contributed by atoms with van der Waals surface area (Å²) < 4.78 is 4.47. The Labute approximate surface area is 178 Å². The van der Waals surface area contributed by atoms with Gasteiger partial charge in [0, 0.05) is 61.3 Å². The van der Waals surface area contributed by atoms with Crippen LogP contribution in [0.25, 0.3) is 0 Å². The van der Waals surface area contributed by atoms with Crippen molar-refractivity contribution in [1.82, 2.24) is 14.3 Å². The Morgan fingerprint density at radius 2 is 1.87 bits per heavy atom. The molecule has 0 radical (unpaired) electrons. The predicted molar refractivity (Wildman–Crippen MR) is 115 cm³/mol. The largest absolute Gasteiger partial charge is 0.343 e. The highest BCUT2D eigenvalue weighted by atomic mass is 32.1. The Balaban J connectivity index is 1.38. The number of amides is 1. The van der Waals surface area contributed by atoms with Crippen molar-refractivity contribution in [2.24, 2.45) is 0 Å². The fourth-order valence-corrected chi connectivity index (χ4v) is 4.18. The van der Waals surface area contributed by atoms with Crippen molar-refractivity contribution in [3.63, 3.8) is 0 Å². The molecule has 1 fully saturated rings. The van der Waals surface area contributed by atoms with Gasteiger partial charge >= 0.3 is 0 Å². The second-order valence-electron chi connectivity index (χ2n) is 7.19. The van der Waals surface area contributed by atoms with Gasteiger partial charge in [0.1, 0.15) is 5.82 Å². The van der Waals surface area contributed by atoms with Gasteiger partial charge in [-0.25, -0.2) is 4.98 Å². The van der Waals surface area contributed by atoms with E-state index >= 15 is 0 Å². The molecule has 1 aliphatic rings. The van der Waals surface area contributed by atoms with Crippen LogP contribution in [0.2, 0.25) is 0 Å². The van der Waals surface area contributed by atoms with E-state index in [9.17, 15) is 14.9 Å². The highest BCUT2D eigenvalue weighted by Gasteiger charge is 2.25. The highest BCUT2D eigenvalue weighted by molar-refractivity contribution is 7.09. The van der Waals surface area contributed by atoms with E-state index in [0.717, 1.165) is 11.0 Å². The maximum Gasteiger partial charge on any atom is 0.273 e. The van der Waals surface area contributed by atoms with Crippen LogP contribution in [0.4, 0.5) is 10.8 Å².